The molecule has 0 fully saturated rings. The fraction of sp³-hybridized carbons (Fsp3) is 0.600. The summed E-state index contributed by atoms with van der Waals surface area (Å²) in [5, 5.41) is 0. The van der Waals surface area contributed by atoms with Gasteiger partial charge in [0.15, 0.2) is 11.5 Å². The SMILES string of the molecule is CC(C)CONC(C)CCc1ccc2c(c1)OCO2. The number of fused-ring (bicyclic) bond motifs is 1. The summed E-state index contributed by atoms with van der Waals surface area (Å²) in [5.74, 6) is 2.25. The van der Waals surface area contributed by atoms with Crippen molar-refractivity contribution in [2.45, 2.75) is 39.7 Å². The zero-order valence-corrected chi connectivity index (χ0v) is 11.9. The van der Waals surface area contributed by atoms with Crippen LogP contribution in [0.5, 0.6) is 11.5 Å². The van der Waals surface area contributed by atoms with Gasteiger partial charge in [-0.15, -0.1) is 0 Å². The third kappa shape index (κ3) is 4.40. The van der Waals surface area contributed by atoms with E-state index in [2.05, 4.69) is 38.4 Å². The highest BCUT2D eigenvalue weighted by Gasteiger charge is 2.13. The Kier molecular flexibility index (Phi) is 5.05. The third-order valence-corrected chi connectivity index (χ3v) is 3.00. The molecule has 1 aromatic rings. The quantitative estimate of drug-likeness (QED) is 0.769. The van der Waals surface area contributed by atoms with Crippen LogP contribution in [0.25, 0.3) is 0 Å². The van der Waals surface area contributed by atoms with Crippen molar-refractivity contribution in [3.63, 3.8) is 0 Å². The molecule has 1 aliphatic rings. The van der Waals surface area contributed by atoms with E-state index >= 15 is 0 Å². The van der Waals surface area contributed by atoms with E-state index in [1.54, 1.807) is 0 Å². The highest BCUT2D eigenvalue weighted by atomic mass is 16.7. The van der Waals surface area contributed by atoms with Gasteiger partial charge in [-0.3, -0.25) is 0 Å². The number of rotatable bonds is 7. The molecule has 0 spiro atoms. The van der Waals surface area contributed by atoms with Crippen LogP contribution in [0.2, 0.25) is 0 Å². The lowest BCUT2D eigenvalue weighted by Crippen LogP contribution is -2.28. The zero-order valence-electron chi connectivity index (χ0n) is 11.9. The number of nitrogens with one attached hydrogen (secondary N) is 1. The molecular weight excluding hydrogens is 242 g/mol. The molecule has 0 saturated carbocycles. The molecule has 0 saturated heterocycles. The number of hydrogen-bond donors (Lipinski definition) is 1. The smallest absolute Gasteiger partial charge is 0.231 e. The van der Waals surface area contributed by atoms with E-state index in [4.69, 9.17) is 14.3 Å². The van der Waals surface area contributed by atoms with Crippen LogP contribution in [0.4, 0.5) is 0 Å². The van der Waals surface area contributed by atoms with Gasteiger partial charge in [0.1, 0.15) is 0 Å². The Morgan fingerprint density at radius 2 is 2.00 bits per heavy atom. The van der Waals surface area contributed by atoms with E-state index in [-0.39, 0.29) is 0 Å². The Morgan fingerprint density at radius 3 is 2.79 bits per heavy atom. The van der Waals surface area contributed by atoms with Gasteiger partial charge in [-0.25, -0.2) is 0 Å². The fourth-order valence-electron chi connectivity index (χ4n) is 1.90. The number of ether oxygens (including phenoxy) is 2. The Balaban J connectivity index is 1.73. The zero-order chi connectivity index (χ0) is 13.7. The first-order chi connectivity index (χ1) is 9.15. The van der Waals surface area contributed by atoms with Crippen molar-refractivity contribution < 1.29 is 14.3 Å². The van der Waals surface area contributed by atoms with E-state index in [9.17, 15) is 0 Å². The molecule has 1 unspecified atom stereocenters. The van der Waals surface area contributed by atoms with Gasteiger partial charge in [-0.05, 0) is 43.4 Å². The third-order valence-electron chi connectivity index (χ3n) is 3.00. The van der Waals surface area contributed by atoms with Crippen molar-refractivity contribution in [1.82, 2.24) is 5.48 Å². The minimum Gasteiger partial charge on any atom is -0.454 e. The van der Waals surface area contributed by atoms with Gasteiger partial charge in [0.25, 0.3) is 0 Å². The van der Waals surface area contributed by atoms with Crippen LogP contribution in [0.1, 0.15) is 32.8 Å². The van der Waals surface area contributed by atoms with Crippen LogP contribution in [-0.4, -0.2) is 19.4 Å². The maximum Gasteiger partial charge on any atom is 0.231 e. The molecule has 4 heteroatoms. The van der Waals surface area contributed by atoms with Crippen LogP contribution >= 0.6 is 0 Å². The van der Waals surface area contributed by atoms with E-state index < -0.39 is 0 Å². The summed E-state index contributed by atoms with van der Waals surface area (Å²) >= 11 is 0. The molecule has 1 atom stereocenters. The number of hydrogen-bond acceptors (Lipinski definition) is 4. The molecule has 1 heterocycles. The fourth-order valence-corrected chi connectivity index (χ4v) is 1.90. The van der Waals surface area contributed by atoms with Crippen LogP contribution < -0.4 is 15.0 Å². The lowest BCUT2D eigenvalue weighted by Gasteiger charge is -2.15. The number of aryl methyl sites for hydroxylation is 1. The van der Waals surface area contributed by atoms with E-state index in [0.29, 0.717) is 18.8 Å². The van der Waals surface area contributed by atoms with Crippen molar-refractivity contribution in [2.75, 3.05) is 13.4 Å². The van der Waals surface area contributed by atoms with Crippen LogP contribution in [0.15, 0.2) is 18.2 Å². The molecule has 1 aliphatic heterocycles. The van der Waals surface area contributed by atoms with Gasteiger partial charge in [0, 0.05) is 6.04 Å². The standard InChI is InChI=1S/C15H23NO3/c1-11(2)9-19-16-12(3)4-5-13-6-7-14-15(8-13)18-10-17-14/h6-8,11-12,16H,4-5,9-10H2,1-3H3. The molecule has 106 valence electrons. The summed E-state index contributed by atoms with van der Waals surface area (Å²) < 4.78 is 10.7. The predicted molar refractivity (Wildman–Crippen MR) is 74.3 cm³/mol. The summed E-state index contributed by atoms with van der Waals surface area (Å²) in [6, 6.07) is 6.47. The minimum atomic E-state index is 0.333. The molecule has 4 nitrogen and oxygen atoms in total. The monoisotopic (exact) mass is 265 g/mol. The summed E-state index contributed by atoms with van der Waals surface area (Å²) in [6.45, 7) is 7.49. The topological polar surface area (TPSA) is 39.7 Å². The maximum atomic E-state index is 5.42. The van der Waals surface area contributed by atoms with Gasteiger partial charge in [0.05, 0.1) is 6.61 Å². The lowest BCUT2D eigenvalue weighted by atomic mass is 10.1. The molecule has 1 aromatic carbocycles. The first kappa shape index (κ1) is 14.2. The Labute approximate surface area is 115 Å². The van der Waals surface area contributed by atoms with Gasteiger partial charge in [-0.2, -0.15) is 5.48 Å². The van der Waals surface area contributed by atoms with E-state index in [0.717, 1.165) is 30.9 Å². The van der Waals surface area contributed by atoms with Gasteiger partial charge >= 0.3 is 0 Å². The molecule has 0 aromatic heterocycles. The molecule has 2 rings (SSSR count). The summed E-state index contributed by atoms with van der Waals surface area (Å²) in [4.78, 5) is 5.42. The average Bonchev–Trinajstić information content (AvgIpc) is 2.83. The highest BCUT2D eigenvalue weighted by molar-refractivity contribution is 5.44. The number of benzene rings is 1. The molecule has 0 radical (unpaired) electrons. The molecule has 0 aliphatic carbocycles. The van der Waals surface area contributed by atoms with Crippen LogP contribution in [0.3, 0.4) is 0 Å². The van der Waals surface area contributed by atoms with Gasteiger partial charge < -0.3 is 14.3 Å². The van der Waals surface area contributed by atoms with Crippen molar-refractivity contribution in [3.8, 4) is 11.5 Å². The molecule has 1 N–H and O–H groups in total. The second-order valence-corrected chi connectivity index (χ2v) is 5.45. The summed E-state index contributed by atoms with van der Waals surface area (Å²) in [7, 11) is 0. The van der Waals surface area contributed by atoms with Crippen molar-refractivity contribution in [2.24, 2.45) is 5.92 Å². The minimum absolute atomic E-state index is 0.333. The molecule has 0 amide bonds. The van der Waals surface area contributed by atoms with Crippen molar-refractivity contribution >= 4 is 0 Å². The summed E-state index contributed by atoms with van der Waals surface area (Å²) in [5.41, 5.74) is 4.35. The Morgan fingerprint density at radius 1 is 1.21 bits per heavy atom. The molecular formula is C15H23NO3. The Hall–Kier alpha value is -1.26. The van der Waals surface area contributed by atoms with Gasteiger partial charge in [-0.1, -0.05) is 19.9 Å². The Bertz CT molecular complexity index is 406. The second kappa shape index (κ2) is 6.78. The first-order valence-corrected chi connectivity index (χ1v) is 6.91. The number of hydroxylamine groups is 1. The summed E-state index contributed by atoms with van der Waals surface area (Å²) in [6.07, 6.45) is 2.02. The average molecular weight is 265 g/mol. The normalized spacial score (nSPS) is 14.9. The second-order valence-electron chi connectivity index (χ2n) is 5.45. The van der Waals surface area contributed by atoms with Crippen LogP contribution in [-0.2, 0) is 11.3 Å². The van der Waals surface area contributed by atoms with Crippen molar-refractivity contribution in [1.29, 1.82) is 0 Å². The highest BCUT2D eigenvalue weighted by Crippen LogP contribution is 2.32. The van der Waals surface area contributed by atoms with Gasteiger partial charge in [0.2, 0.25) is 6.79 Å². The van der Waals surface area contributed by atoms with E-state index in [1.165, 1.54) is 5.56 Å². The maximum absolute atomic E-state index is 5.42. The van der Waals surface area contributed by atoms with Crippen molar-refractivity contribution in [3.05, 3.63) is 23.8 Å². The lowest BCUT2D eigenvalue weighted by molar-refractivity contribution is 0.00308. The largest absolute Gasteiger partial charge is 0.454 e. The van der Waals surface area contributed by atoms with Crippen LogP contribution in [0, 0.1) is 5.92 Å². The molecule has 0 bridgehead atoms. The predicted octanol–water partition coefficient (Wildman–Crippen LogP) is 2.91. The van der Waals surface area contributed by atoms with E-state index in [1.807, 2.05) is 6.07 Å². The first-order valence-electron chi connectivity index (χ1n) is 6.91. The molecule has 19 heavy (non-hydrogen) atoms.